The summed E-state index contributed by atoms with van der Waals surface area (Å²) in [5.41, 5.74) is 0.454. The Balaban J connectivity index is 2.25. The minimum Gasteiger partial charge on any atom is -0.335 e. The maximum Gasteiger partial charge on any atom is 0.405 e. The third kappa shape index (κ3) is 3.50. The Morgan fingerprint density at radius 1 is 1.29 bits per heavy atom. The highest BCUT2D eigenvalue weighted by Gasteiger charge is 2.48. The fraction of sp³-hybridized carbons (Fsp3) is 0.500. The number of hydrogen-bond acceptors (Lipinski definition) is 2. The third-order valence-corrected chi connectivity index (χ3v) is 4.77. The summed E-state index contributed by atoms with van der Waals surface area (Å²) in [6.45, 7) is 1.68. The van der Waals surface area contributed by atoms with Crippen molar-refractivity contribution in [3.8, 4) is 0 Å². The lowest BCUT2D eigenvalue weighted by molar-refractivity contribution is -0.197. The van der Waals surface area contributed by atoms with E-state index in [1.165, 1.54) is 16.8 Å². The summed E-state index contributed by atoms with van der Waals surface area (Å²) in [4.78, 5) is 15.1. The van der Waals surface area contributed by atoms with Crippen molar-refractivity contribution >= 4 is 28.5 Å². The minimum absolute atomic E-state index is 0.298. The molecule has 116 valence electrons. The lowest BCUT2D eigenvalue weighted by atomic mass is 10.1. The number of rotatable bonds is 1. The molecule has 0 aromatic heterocycles. The van der Waals surface area contributed by atoms with E-state index in [1.807, 2.05) is 22.6 Å². The van der Waals surface area contributed by atoms with Crippen LogP contribution in [-0.4, -0.2) is 54.1 Å². The molecule has 0 aliphatic carbocycles. The molecule has 1 amide bonds. The highest BCUT2D eigenvalue weighted by molar-refractivity contribution is 14.1. The van der Waals surface area contributed by atoms with E-state index in [4.69, 9.17) is 0 Å². The molecule has 2 atom stereocenters. The van der Waals surface area contributed by atoms with Crippen molar-refractivity contribution in [2.24, 2.45) is 0 Å². The molecule has 1 heterocycles. The topological polar surface area (TPSA) is 23.6 Å². The second kappa shape index (κ2) is 6.12. The van der Waals surface area contributed by atoms with E-state index in [0.717, 1.165) is 3.57 Å². The number of benzene rings is 1. The van der Waals surface area contributed by atoms with Crippen LogP contribution in [0.5, 0.6) is 0 Å². The summed E-state index contributed by atoms with van der Waals surface area (Å²) in [7, 11) is 1.46. The van der Waals surface area contributed by atoms with Gasteiger partial charge in [0.15, 0.2) is 0 Å². The molecule has 0 spiro atoms. The molecule has 0 saturated carbocycles. The Labute approximate surface area is 135 Å². The summed E-state index contributed by atoms with van der Waals surface area (Å²) >= 11 is 2.02. The van der Waals surface area contributed by atoms with Crippen molar-refractivity contribution in [1.29, 1.82) is 0 Å². The number of piperazine rings is 1. The molecule has 21 heavy (non-hydrogen) atoms. The molecule has 0 radical (unpaired) electrons. The van der Waals surface area contributed by atoms with Gasteiger partial charge >= 0.3 is 6.18 Å². The van der Waals surface area contributed by atoms with Crippen molar-refractivity contribution in [1.82, 2.24) is 9.80 Å². The van der Waals surface area contributed by atoms with E-state index in [0.29, 0.717) is 12.1 Å². The van der Waals surface area contributed by atoms with Crippen LogP contribution in [0.1, 0.15) is 17.3 Å². The number of halogens is 4. The molecule has 1 aliphatic heterocycles. The number of carbonyl (C=O) groups excluding carboxylic acids is 1. The quantitative estimate of drug-likeness (QED) is 0.663. The summed E-state index contributed by atoms with van der Waals surface area (Å²) < 4.78 is 40.1. The third-order valence-electron chi connectivity index (χ3n) is 3.83. The second-order valence-electron chi connectivity index (χ2n) is 5.26. The molecular formula is C14H16F3IN2O. The van der Waals surface area contributed by atoms with Gasteiger partial charge in [-0.2, -0.15) is 13.2 Å². The van der Waals surface area contributed by atoms with Crippen molar-refractivity contribution in [2.45, 2.75) is 25.2 Å². The number of likely N-dealkylation sites (N-methyl/N-ethyl adjacent to an activating group) is 1. The van der Waals surface area contributed by atoms with E-state index >= 15 is 0 Å². The number of alkyl halides is 3. The average molecular weight is 412 g/mol. The standard InChI is InChI=1S/C14H16F3IN2O/c1-9-7-20(8-12(19(9)2)14(15,16)17)13(21)10-5-3-4-6-11(10)18/h3-6,9,12H,7-8H2,1-2H3. The van der Waals surface area contributed by atoms with Crippen LogP contribution in [0.2, 0.25) is 0 Å². The van der Waals surface area contributed by atoms with E-state index in [2.05, 4.69) is 0 Å². The molecule has 0 bridgehead atoms. The molecular weight excluding hydrogens is 396 g/mol. The Hall–Kier alpha value is -0.830. The van der Waals surface area contributed by atoms with Gasteiger partial charge in [0.05, 0.1) is 5.56 Å². The molecule has 7 heteroatoms. The van der Waals surface area contributed by atoms with Crippen LogP contribution >= 0.6 is 22.6 Å². The first-order valence-electron chi connectivity index (χ1n) is 6.54. The van der Waals surface area contributed by atoms with Crippen LogP contribution in [0.25, 0.3) is 0 Å². The van der Waals surface area contributed by atoms with Gasteiger partial charge in [0.25, 0.3) is 5.91 Å². The fourth-order valence-electron chi connectivity index (χ4n) is 2.47. The largest absolute Gasteiger partial charge is 0.405 e. The zero-order valence-electron chi connectivity index (χ0n) is 11.7. The number of carbonyl (C=O) groups is 1. The SMILES string of the molecule is CC1CN(C(=O)c2ccccc2I)CC(C(F)(F)F)N1C. The maximum atomic E-state index is 13.1. The van der Waals surface area contributed by atoms with Gasteiger partial charge in [0.1, 0.15) is 6.04 Å². The zero-order chi connectivity index (χ0) is 15.8. The van der Waals surface area contributed by atoms with Gasteiger partial charge in [-0.3, -0.25) is 9.69 Å². The van der Waals surface area contributed by atoms with Crippen molar-refractivity contribution in [2.75, 3.05) is 20.1 Å². The average Bonchev–Trinajstić information content (AvgIpc) is 2.40. The molecule has 1 aliphatic rings. The lowest BCUT2D eigenvalue weighted by Crippen LogP contribution is -2.62. The normalized spacial score (nSPS) is 24.2. The summed E-state index contributed by atoms with van der Waals surface area (Å²) in [5.74, 6) is -0.339. The summed E-state index contributed by atoms with van der Waals surface area (Å²) in [6.07, 6.45) is -4.34. The molecule has 3 nitrogen and oxygen atoms in total. The van der Waals surface area contributed by atoms with Crippen LogP contribution in [0.3, 0.4) is 0 Å². The predicted molar refractivity (Wildman–Crippen MR) is 82.1 cm³/mol. The van der Waals surface area contributed by atoms with E-state index in [1.54, 1.807) is 31.2 Å². The van der Waals surface area contributed by atoms with Crippen LogP contribution in [-0.2, 0) is 0 Å². The predicted octanol–water partition coefficient (Wildman–Crippen LogP) is 3.00. The first kappa shape index (κ1) is 16.5. The summed E-state index contributed by atoms with van der Waals surface area (Å²) in [6, 6.07) is 4.98. The van der Waals surface area contributed by atoms with Crippen LogP contribution in [0.4, 0.5) is 13.2 Å². The van der Waals surface area contributed by atoms with Crippen LogP contribution in [0.15, 0.2) is 24.3 Å². The number of amides is 1. The van der Waals surface area contributed by atoms with E-state index < -0.39 is 12.2 Å². The minimum atomic E-state index is -4.34. The smallest absolute Gasteiger partial charge is 0.335 e. The number of hydrogen-bond donors (Lipinski definition) is 0. The van der Waals surface area contributed by atoms with Crippen LogP contribution < -0.4 is 0 Å². The highest BCUT2D eigenvalue weighted by Crippen LogP contribution is 2.30. The molecule has 1 aromatic rings. The summed E-state index contributed by atoms with van der Waals surface area (Å²) in [5, 5.41) is 0. The first-order chi connectivity index (χ1) is 9.71. The Morgan fingerprint density at radius 3 is 2.48 bits per heavy atom. The van der Waals surface area contributed by atoms with Crippen molar-refractivity contribution in [3.63, 3.8) is 0 Å². The first-order valence-corrected chi connectivity index (χ1v) is 7.62. The van der Waals surface area contributed by atoms with E-state index in [9.17, 15) is 18.0 Å². The Kier molecular flexibility index (Phi) is 4.82. The number of nitrogens with zero attached hydrogens (tertiary/aromatic N) is 2. The molecule has 2 unspecified atom stereocenters. The molecule has 0 N–H and O–H groups in total. The lowest BCUT2D eigenvalue weighted by Gasteiger charge is -2.44. The van der Waals surface area contributed by atoms with Gasteiger partial charge < -0.3 is 4.90 Å². The van der Waals surface area contributed by atoms with Gasteiger partial charge in [0.2, 0.25) is 0 Å². The molecule has 1 saturated heterocycles. The zero-order valence-corrected chi connectivity index (χ0v) is 13.9. The molecule has 1 aromatic carbocycles. The van der Waals surface area contributed by atoms with Gasteiger partial charge in [-0.15, -0.1) is 0 Å². The molecule has 2 rings (SSSR count). The van der Waals surface area contributed by atoms with Crippen LogP contribution in [0, 0.1) is 3.57 Å². The molecule has 1 fully saturated rings. The Bertz CT molecular complexity index is 535. The monoisotopic (exact) mass is 412 g/mol. The van der Waals surface area contributed by atoms with Gasteiger partial charge in [0, 0.05) is 22.7 Å². The van der Waals surface area contributed by atoms with Crippen molar-refractivity contribution in [3.05, 3.63) is 33.4 Å². The van der Waals surface area contributed by atoms with Gasteiger partial charge in [-0.1, -0.05) is 12.1 Å². The fourth-order valence-corrected chi connectivity index (χ4v) is 3.09. The second-order valence-corrected chi connectivity index (χ2v) is 6.42. The highest BCUT2D eigenvalue weighted by atomic mass is 127. The Morgan fingerprint density at radius 2 is 1.90 bits per heavy atom. The van der Waals surface area contributed by atoms with Gasteiger partial charge in [-0.05, 0) is 48.7 Å². The maximum absolute atomic E-state index is 13.1. The van der Waals surface area contributed by atoms with E-state index in [-0.39, 0.29) is 18.5 Å². The van der Waals surface area contributed by atoms with Crippen molar-refractivity contribution < 1.29 is 18.0 Å². The van der Waals surface area contributed by atoms with Gasteiger partial charge in [-0.25, -0.2) is 0 Å².